The van der Waals surface area contributed by atoms with Crippen molar-refractivity contribution in [3.05, 3.63) is 42.0 Å². The zero-order valence-electron chi connectivity index (χ0n) is 10.4. The molecule has 17 heavy (non-hydrogen) atoms. The largest absolute Gasteiger partial charge is 0.393 e. The second-order valence-corrected chi connectivity index (χ2v) is 5.01. The van der Waals surface area contributed by atoms with Gasteiger partial charge in [0.25, 0.3) is 0 Å². The standard InChI is InChI=1S/C16H22O/c17-16(15-11-5-2-6-12-15)13-7-10-14-8-3-1-4-9-14/h1,3-4,7-10,15-17H,2,5-6,11-13H2/b10-7-. The van der Waals surface area contributed by atoms with Crippen molar-refractivity contribution >= 4 is 6.08 Å². The van der Waals surface area contributed by atoms with Gasteiger partial charge in [-0.1, -0.05) is 61.7 Å². The van der Waals surface area contributed by atoms with Crippen LogP contribution in [0.5, 0.6) is 0 Å². The van der Waals surface area contributed by atoms with Crippen LogP contribution in [0.3, 0.4) is 0 Å². The van der Waals surface area contributed by atoms with Crippen LogP contribution in [-0.2, 0) is 0 Å². The van der Waals surface area contributed by atoms with Gasteiger partial charge in [0.1, 0.15) is 0 Å². The molecule has 1 N–H and O–H groups in total. The fraction of sp³-hybridized carbons (Fsp3) is 0.500. The van der Waals surface area contributed by atoms with Crippen molar-refractivity contribution in [3.63, 3.8) is 0 Å². The summed E-state index contributed by atoms with van der Waals surface area (Å²) in [5, 5.41) is 10.1. The molecule has 1 saturated carbocycles. The quantitative estimate of drug-likeness (QED) is 0.828. The first kappa shape index (κ1) is 12.4. The molecule has 0 aromatic heterocycles. The Balaban J connectivity index is 1.79. The molecule has 1 aromatic carbocycles. The predicted molar refractivity (Wildman–Crippen MR) is 72.7 cm³/mol. The molecule has 92 valence electrons. The number of hydrogen-bond donors (Lipinski definition) is 1. The van der Waals surface area contributed by atoms with Crippen LogP contribution >= 0.6 is 0 Å². The van der Waals surface area contributed by atoms with Crippen molar-refractivity contribution in [1.82, 2.24) is 0 Å². The highest BCUT2D eigenvalue weighted by Crippen LogP contribution is 2.27. The first-order valence-electron chi connectivity index (χ1n) is 6.76. The zero-order valence-corrected chi connectivity index (χ0v) is 10.4. The van der Waals surface area contributed by atoms with Crippen molar-refractivity contribution in [2.75, 3.05) is 0 Å². The number of aliphatic hydroxyl groups is 1. The molecular weight excluding hydrogens is 208 g/mol. The molecule has 2 rings (SSSR count). The molecule has 0 heterocycles. The molecular formula is C16H22O. The Morgan fingerprint density at radius 3 is 2.53 bits per heavy atom. The lowest BCUT2D eigenvalue weighted by Gasteiger charge is -2.25. The molecule has 1 aliphatic carbocycles. The van der Waals surface area contributed by atoms with Gasteiger partial charge in [0.15, 0.2) is 0 Å². The first-order valence-corrected chi connectivity index (χ1v) is 6.76. The summed E-state index contributed by atoms with van der Waals surface area (Å²) < 4.78 is 0. The Labute approximate surface area is 104 Å². The molecule has 1 atom stereocenters. The van der Waals surface area contributed by atoms with Crippen LogP contribution in [0.15, 0.2) is 36.4 Å². The smallest absolute Gasteiger partial charge is 0.0602 e. The number of aliphatic hydroxyl groups excluding tert-OH is 1. The van der Waals surface area contributed by atoms with Gasteiger partial charge in [-0.05, 0) is 30.7 Å². The van der Waals surface area contributed by atoms with Gasteiger partial charge < -0.3 is 5.11 Å². The summed E-state index contributed by atoms with van der Waals surface area (Å²) >= 11 is 0. The lowest BCUT2D eigenvalue weighted by atomic mass is 9.84. The maximum absolute atomic E-state index is 10.1. The molecule has 0 spiro atoms. The number of benzene rings is 1. The van der Waals surface area contributed by atoms with E-state index in [0.717, 1.165) is 6.42 Å². The lowest BCUT2D eigenvalue weighted by Crippen LogP contribution is -2.22. The second-order valence-electron chi connectivity index (χ2n) is 5.01. The van der Waals surface area contributed by atoms with E-state index in [9.17, 15) is 5.11 Å². The third kappa shape index (κ3) is 4.01. The van der Waals surface area contributed by atoms with Gasteiger partial charge in [-0.15, -0.1) is 0 Å². The van der Waals surface area contributed by atoms with E-state index in [0.29, 0.717) is 5.92 Å². The van der Waals surface area contributed by atoms with Crippen LogP contribution in [-0.4, -0.2) is 11.2 Å². The Morgan fingerprint density at radius 2 is 1.82 bits per heavy atom. The Hall–Kier alpha value is -1.08. The highest BCUT2D eigenvalue weighted by Gasteiger charge is 2.20. The SMILES string of the molecule is OC(C/C=C\c1ccccc1)C1CCCCC1. The van der Waals surface area contributed by atoms with Crippen molar-refractivity contribution in [2.24, 2.45) is 5.92 Å². The molecule has 0 saturated heterocycles. The van der Waals surface area contributed by atoms with Gasteiger partial charge in [-0.25, -0.2) is 0 Å². The molecule has 1 aromatic rings. The minimum atomic E-state index is -0.143. The minimum Gasteiger partial charge on any atom is -0.393 e. The fourth-order valence-electron chi connectivity index (χ4n) is 2.62. The highest BCUT2D eigenvalue weighted by molar-refractivity contribution is 5.48. The van der Waals surface area contributed by atoms with Crippen LogP contribution in [0.1, 0.15) is 44.1 Å². The average molecular weight is 230 g/mol. The molecule has 1 nitrogen and oxygen atoms in total. The van der Waals surface area contributed by atoms with Crippen molar-refractivity contribution in [3.8, 4) is 0 Å². The van der Waals surface area contributed by atoms with E-state index in [4.69, 9.17) is 0 Å². The molecule has 0 aliphatic heterocycles. The van der Waals surface area contributed by atoms with Gasteiger partial charge in [-0.3, -0.25) is 0 Å². The molecule has 1 heteroatoms. The average Bonchev–Trinajstić information content (AvgIpc) is 2.41. The van der Waals surface area contributed by atoms with E-state index in [-0.39, 0.29) is 6.10 Å². The molecule has 1 fully saturated rings. The zero-order chi connectivity index (χ0) is 11.9. The molecule has 0 amide bonds. The van der Waals surface area contributed by atoms with Crippen molar-refractivity contribution in [2.45, 2.75) is 44.6 Å². The van der Waals surface area contributed by atoms with Gasteiger partial charge in [0.05, 0.1) is 6.10 Å². The van der Waals surface area contributed by atoms with Gasteiger partial charge >= 0.3 is 0 Å². The third-order valence-corrected chi connectivity index (χ3v) is 3.68. The topological polar surface area (TPSA) is 20.2 Å². The van der Waals surface area contributed by atoms with Gasteiger partial charge in [-0.2, -0.15) is 0 Å². The minimum absolute atomic E-state index is 0.143. The normalized spacial score (nSPS) is 19.6. The van der Waals surface area contributed by atoms with E-state index in [2.05, 4.69) is 24.3 Å². The Morgan fingerprint density at radius 1 is 1.12 bits per heavy atom. The summed E-state index contributed by atoms with van der Waals surface area (Å²) in [5.41, 5.74) is 1.21. The molecule has 0 radical (unpaired) electrons. The van der Waals surface area contributed by atoms with Crippen LogP contribution < -0.4 is 0 Å². The van der Waals surface area contributed by atoms with Gasteiger partial charge in [0.2, 0.25) is 0 Å². The molecule has 1 aliphatic rings. The summed E-state index contributed by atoms with van der Waals surface area (Å²) in [6, 6.07) is 10.3. The Bertz CT molecular complexity index is 336. The van der Waals surface area contributed by atoms with E-state index in [1.165, 1.54) is 37.7 Å². The summed E-state index contributed by atoms with van der Waals surface area (Å²) in [6.07, 6.45) is 11.2. The van der Waals surface area contributed by atoms with E-state index >= 15 is 0 Å². The van der Waals surface area contributed by atoms with Crippen LogP contribution in [0.2, 0.25) is 0 Å². The van der Waals surface area contributed by atoms with Crippen molar-refractivity contribution in [1.29, 1.82) is 0 Å². The Kier molecular flexibility index (Phi) is 4.81. The maximum atomic E-state index is 10.1. The fourth-order valence-corrected chi connectivity index (χ4v) is 2.62. The van der Waals surface area contributed by atoms with Crippen LogP contribution in [0.4, 0.5) is 0 Å². The summed E-state index contributed by atoms with van der Waals surface area (Å²) in [6.45, 7) is 0. The highest BCUT2D eigenvalue weighted by atomic mass is 16.3. The van der Waals surface area contributed by atoms with Crippen LogP contribution in [0, 0.1) is 5.92 Å². The summed E-state index contributed by atoms with van der Waals surface area (Å²) in [4.78, 5) is 0. The maximum Gasteiger partial charge on any atom is 0.0602 e. The first-order chi connectivity index (χ1) is 8.36. The van der Waals surface area contributed by atoms with E-state index in [1.54, 1.807) is 0 Å². The number of rotatable bonds is 4. The third-order valence-electron chi connectivity index (χ3n) is 3.68. The summed E-state index contributed by atoms with van der Waals surface area (Å²) in [7, 11) is 0. The van der Waals surface area contributed by atoms with Gasteiger partial charge in [0, 0.05) is 0 Å². The predicted octanol–water partition coefficient (Wildman–Crippen LogP) is 4.03. The van der Waals surface area contributed by atoms with Crippen molar-refractivity contribution < 1.29 is 5.11 Å². The monoisotopic (exact) mass is 230 g/mol. The number of hydrogen-bond acceptors (Lipinski definition) is 1. The lowest BCUT2D eigenvalue weighted by molar-refractivity contribution is 0.0875. The summed E-state index contributed by atoms with van der Waals surface area (Å²) in [5.74, 6) is 0.532. The molecule has 1 unspecified atom stereocenters. The molecule has 0 bridgehead atoms. The van der Waals surface area contributed by atoms with E-state index in [1.807, 2.05) is 18.2 Å². The van der Waals surface area contributed by atoms with Crippen LogP contribution in [0.25, 0.3) is 6.08 Å². The van der Waals surface area contributed by atoms with E-state index < -0.39 is 0 Å². The second kappa shape index (κ2) is 6.61.